The summed E-state index contributed by atoms with van der Waals surface area (Å²) in [6, 6.07) is 15.8. The molecule has 2 aliphatic heterocycles. The Labute approximate surface area is 174 Å². The first-order chi connectivity index (χ1) is 13.2. The summed E-state index contributed by atoms with van der Waals surface area (Å²) in [7, 11) is 0. The van der Waals surface area contributed by atoms with Crippen LogP contribution in [0.25, 0.3) is 0 Å². The van der Waals surface area contributed by atoms with Crippen LogP contribution in [0.5, 0.6) is 11.5 Å². The third-order valence-electron chi connectivity index (χ3n) is 5.53. The highest BCUT2D eigenvalue weighted by Crippen LogP contribution is 2.36. The van der Waals surface area contributed by atoms with Gasteiger partial charge in [0, 0.05) is 36.2 Å². The Morgan fingerprint density at radius 1 is 1.21 bits per heavy atom. The van der Waals surface area contributed by atoms with Crippen molar-refractivity contribution in [3.63, 3.8) is 0 Å². The lowest BCUT2D eigenvalue weighted by Gasteiger charge is -2.34. The summed E-state index contributed by atoms with van der Waals surface area (Å²) < 4.78 is 11.9. The van der Waals surface area contributed by atoms with Gasteiger partial charge in [0.05, 0.1) is 6.61 Å². The van der Waals surface area contributed by atoms with Crippen LogP contribution < -0.4 is 20.1 Å². The fourth-order valence-corrected chi connectivity index (χ4v) is 4.32. The molecular weight excluding hydrogens is 372 g/mol. The van der Waals surface area contributed by atoms with Crippen LogP contribution in [0.2, 0.25) is 0 Å². The maximum Gasteiger partial charge on any atom is 0.127 e. The van der Waals surface area contributed by atoms with Crippen LogP contribution >= 0.6 is 12.4 Å². The molecule has 0 aromatic heterocycles. The van der Waals surface area contributed by atoms with Crippen molar-refractivity contribution in [2.75, 3.05) is 13.2 Å². The van der Waals surface area contributed by atoms with Crippen molar-refractivity contribution in [3.8, 4) is 11.5 Å². The highest BCUT2D eigenvalue weighted by atomic mass is 35.5. The van der Waals surface area contributed by atoms with E-state index in [9.17, 15) is 0 Å². The fourth-order valence-electron chi connectivity index (χ4n) is 4.32. The zero-order valence-corrected chi connectivity index (χ0v) is 17.6. The molecule has 2 aliphatic rings. The Morgan fingerprint density at radius 2 is 2.04 bits per heavy atom. The van der Waals surface area contributed by atoms with Gasteiger partial charge in [0.2, 0.25) is 0 Å². The lowest BCUT2D eigenvalue weighted by Crippen LogP contribution is -2.45. The molecule has 0 aliphatic carbocycles. The third-order valence-corrected chi connectivity index (χ3v) is 5.53. The zero-order valence-electron chi connectivity index (χ0n) is 16.7. The van der Waals surface area contributed by atoms with Gasteiger partial charge in [-0.3, -0.25) is 0 Å². The van der Waals surface area contributed by atoms with Crippen molar-refractivity contribution in [2.24, 2.45) is 0 Å². The van der Waals surface area contributed by atoms with E-state index >= 15 is 0 Å². The molecule has 2 aromatic carbocycles. The molecule has 3 atom stereocenters. The van der Waals surface area contributed by atoms with Gasteiger partial charge in [-0.25, -0.2) is 0 Å². The van der Waals surface area contributed by atoms with E-state index in [2.05, 4.69) is 60.0 Å². The Bertz CT molecular complexity index is 769. The fraction of sp³-hybridized carbons (Fsp3) is 0.478. The summed E-state index contributed by atoms with van der Waals surface area (Å²) in [6.45, 7) is 6.72. The molecule has 0 spiro atoms. The van der Waals surface area contributed by atoms with Crippen molar-refractivity contribution < 1.29 is 9.47 Å². The molecule has 1 saturated heterocycles. The predicted octanol–water partition coefficient (Wildman–Crippen LogP) is 4.41. The van der Waals surface area contributed by atoms with E-state index in [1.165, 1.54) is 29.5 Å². The van der Waals surface area contributed by atoms with Crippen LogP contribution in [0.4, 0.5) is 0 Å². The molecule has 5 heteroatoms. The number of halogens is 1. The van der Waals surface area contributed by atoms with Crippen LogP contribution in [0, 0.1) is 0 Å². The Kier molecular flexibility index (Phi) is 7.22. The first-order valence-corrected chi connectivity index (χ1v) is 10.2. The van der Waals surface area contributed by atoms with E-state index in [1.54, 1.807) is 0 Å². The Hall–Kier alpha value is -1.75. The van der Waals surface area contributed by atoms with Crippen molar-refractivity contribution in [3.05, 3.63) is 59.2 Å². The van der Waals surface area contributed by atoms with Gasteiger partial charge in [0.15, 0.2) is 0 Å². The summed E-state index contributed by atoms with van der Waals surface area (Å²) in [5.74, 6) is 2.01. The van der Waals surface area contributed by atoms with E-state index in [-0.39, 0.29) is 18.5 Å². The summed E-state index contributed by atoms with van der Waals surface area (Å²) >= 11 is 0. The minimum Gasteiger partial charge on any atom is -0.494 e. The topological polar surface area (TPSA) is 42.5 Å². The highest BCUT2D eigenvalue weighted by Gasteiger charge is 2.27. The standard InChI is InChI=1S/C23H30N2O2.ClH/c1-3-26-20-13-18-12-16(2)27-23(18)19(14-20)15-25-21-10-7-11-24-22(21)17-8-5-4-6-9-17;/h4-6,8-9,13-14,16,21-22,24-25H,3,7,10-12,15H2,1-2H3;1H/t16?,21-,22-;/m0./s1. The zero-order chi connectivity index (χ0) is 18.6. The summed E-state index contributed by atoms with van der Waals surface area (Å²) in [4.78, 5) is 0. The largest absolute Gasteiger partial charge is 0.494 e. The van der Waals surface area contributed by atoms with Gasteiger partial charge in [0.1, 0.15) is 17.6 Å². The van der Waals surface area contributed by atoms with Crippen LogP contribution in [-0.4, -0.2) is 25.3 Å². The van der Waals surface area contributed by atoms with Crippen molar-refractivity contribution in [1.29, 1.82) is 0 Å². The molecule has 1 fully saturated rings. The molecule has 0 bridgehead atoms. The van der Waals surface area contributed by atoms with E-state index in [1.807, 2.05) is 6.92 Å². The molecule has 152 valence electrons. The van der Waals surface area contributed by atoms with Gasteiger partial charge in [0.25, 0.3) is 0 Å². The van der Waals surface area contributed by atoms with E-state index in [0.717, 1.165) is 31.0 Å². The minimum absolute atomic E-state index is 0. The normalized spacial score (nSPS) is 23.4. The van der Waals surface area contributed by atoms with E-state index in [4.69, 9.17) is 9.47 Å². The first kappa shape index (κ1) is 21.0. The van der Waals surface area contributed by atoms with E-state index < -0.39 is 0 Å². The number of benzene rings is 2. The van der Waals surface area contributed by atoms with Crippen molar-refractivity contribution in [2.45, 2.75) is 57.8 Å². The number of ether oxygens (including phenoxy) is 2. The van der Waals surface area contributed by atoms with Gasteiger partial charge < -0.3 is 20.1 Å². The molecule has 4 nitrogen and oxygen atoms in total. The van der Waals surface area contributed by atoms with Crippen LogP contribution in [-0.2, 0) is 13.0 Å². The second-order valence-corrected chi connectivity index (χ2v) is 7.61. The summed E-state index contributed by atoms with van der Waals surface area (Å²) in [5, 5.41) is 7.50. The molecule has 2 N–H and O–H groups in total. The number of hydrogen-bond donors (Lipinski definition) is 2. The minimum atomic E-state index is 0. The average Bonchev–Trinajstić information content (AvgIpc) is 3.07. The molecule has 28 heavy (non-hydrogen) atoms. The molecule has 1 unspecified atom stereocenters. The van der Waals surface area contributed by atoms with Crippen LogP contribution in [0.3, 0.4) is 0 Å². The molecule has 2 heterocycles. The summed E-state index contributed by atoms with van der Waals surface area (Å²) in [6.07, 6.45) is 3.58. The number of nitrogens with one attached hydrogen (secondary N) is 2. The van der Waals surface area contributed by atoms with Gasteiger partial charge >= 0.3 is 0 Å². The van der Waals surface area contributed by atoms with Gasteiger partial charge in [-0.05, 0) is 50.9 Å². The first-order valence-electron chi connectivity index (χ1n) is 10.2. The van der Waals surface area contributed by atoms with Gasteiger partial charge in [-0.1, -0.05) is 30.3 Å². The van der Waals surface area contributed by atoms with Gasteiger partial charge in [-0.2, -0.15) is 0 Å². The molecule has 0 amide bonds. The quantitative estimate of drug-likeness (QED) is 0.750. The van der Waals surface area contributed by atoms with Crippen molar-refractivity contribution in [1.82, 2.24) is 10.6 Å². The molecule has 0 radical (unpaired) electrons. The van der Waals surface area contributed by atoms with Crippen LogP contribution in [0.15, 0.2) is 42.5 Å². The summed E-state index contributed by atoms with van der Waals surface area (Å²) in [5.41, 5.74) is 3.83. The molecule has 0 saturated carbocycles. The number of hydrogen-bond acceptors (Lipinski definition) is 4. The van der Waals surface area contributed by atoms with Crippen molar-refractivity contribution >= 4 is 12.4 Å². The molecule has 2 aromatic rings. The van der Waals surface area contributed by atoms with Crippen LogP contribution in [0.1, 0.15) is 49.4 Å². The number of piperidine rings is 1. The highest BCUT2D eigenvalue weighted by molar-refractivity contribution is 5.85. The predicted molar refractivity (Wildman–Crippen MR) is 116 cm³/mol. The monoisotopic (exact) mass is 402 g/mol. The Morgan fingerprint density at radius 3 is 2.82 bits per heavy atom. The smallest absolute Gasteiger partial charge is 0.127 e. The molecule has 4 rings (SSSR count). The van der Waals surface area contributed by atoms with Gasteiger partial charge in [-0.15, -0.1) is 12.4 Å². The second kappa shape index (κ2) is 9.64. The average molecular weight is 403 g/mol. The Balaban J connectivity index is 0.00000225. The van der Waals surface area contributed by atoms with E-state index in [0.29, 0.717) is 18.7 Å². The SMILES string of the molecule is CCOc1cc(CN[C@H]2CCCN[C@H]2c2ccccc2)c2c(c1)CC(C)O2.Cl. The second-order valence-electron chi connectivity index (χ2n) is 7.61. The lowest BCUT2D eigenvalue weighted by atomic mass is 9.92. The lowest BCUT2D eigenvalue weighted by molar-refractivity contribution is 0.250. The number of fused-ring (bicyclic) bond motifs is 1. The molecular formula is C23H31ClN2O2. The number of rotatable bonds is 6. The maximum atomic E-state index is 6.11. The third kappa shape index (κ3) is 4.62. The maximum absolute atomic E-state index is 6.11.